The minimum Gasteiger partial charge on any atom is -0.449 e. The van der Waals surface area contributed by atoms with E-state index in [0.29, 0.717) is 6.07 Å². The van der Waals surface area contributed by atoms with Crippen molar-refractivity contribution < 1.29 is 32.4 Å². The van der Waals surface area contributed by atoms with Crippen molar-refractivity contribution in [2.45, 2.75) is 13.0 Å². The molecule has 11 heteroatoms. The van der Waals surface area contributed by atoms with Crippen LogP contribution >= 0.6 is 0 Å². The van der Waals surface area contributed by atoms with Crippen molar-refractivity contribution in [1.82, 2.24) is 0 Å². The number of halogens is 3. The summed E-state index contributed by atoms with van der Waals surface area (Å²) in [4.78, 5) is 34.5. The Morgan fingerprint density at radius 2 is 1.75 bits per heavy atom. The highest BCUT2D eigenvalue weighted by atomic mass is 19.2. The van der Waals surface area contributed by atoms with Crippen LogP contribution in [0.5, 0.6) is 0 Å². The maximum Gasteiger partial charge on any atom is 0.339 e. The third kappa shape index (κ3) is 4.37. The number of nitro benzene ring substituents is 1. The molecule has 1 atom stereocenters. The normalized spacial score (nSPS) is 11.5. The van der Waals surface area contributed by atoms with Crippen molar-refractivity contribution in [2.75, 3.05) is 17.7 Å². The third-order valence-electron chi connectivity index (χ3n) is 3.65. The Labute approximate surface area is 156 Å². The van der Waals surface area contributed by atoms with E-state index >= 15 is 0 Å². The molecule has 0 spiro atoms. The molecule has 0 aromatic heterocycles. The Balaban J connectivity index is 2.12. The molecule has 0 unspecified atom stereocenters. The van der Waals surface area contributed by atoms with Crippen LogP contribution in [0.1, 0.15) is 17.3 Å². The second-order valence-corrected chi connectivity index (χ2v) is 5.50. The quantitative estimate of drug-likeness (QED) is 0.335. The highest BCUT2D eigenvalue weighted by Crippen LogP contribution is 2.25. The lowest BCUT2D eigenvalue weighted by atomic mass is 10.1. The number of nitrogens with one attached hydrogen (secondary N) is 2. The van der Waals surface area contributed by atoms with E-state index in [-0.39, 0.29) is 16.9 Å². The standard InChI is InChI=1S/C17H14F3N3O5/c1-8(16(24)22-12-6-4-10(18)14(19)15(12)20)28-17(25)9-3-5-11(21-2)13(7-9)23(26)27/h3-8,21H,1-2H3,(H,22,24)/t8-/m0/s1. The smallest absolute Gasteiger partial charge is 0.339 e. The molecule has 0 aliphatic rings. The number of hydrogen-bond donors (Lipinski definition) is 2. The number of benzene rings is 2. The van der Waals surface area contributed by atoms with Crippen molar-refractivity contribution in [3.05, 3.63) is 63.5 Å². The molecule has 0 heterocycles. The third-order valence-corrected chi connectivity index (χ3v) is 3.65. The second-order valence-electron chi connectivity index (χ2n) is 5.50. The van der Waals surface area contributed by atoms with Gasteiger partial charge in [-0.25, -0.2) is 18.0 Å². The minimum absolute atomic E-state index is 0.168. The minimum atomic E-state index is -1.76. The van der Waals surface area contributed by atoms with Crippen LogP contribution in [0.15, 0.2) is 30.3 Å². The zero-order chi connectivity index (χ0) is 21.0. The Hall–Kier alpha value is -3.63. The Morgan fingerprint density at radius 1 is 1.11 bits per heavy atom. The van der Waals surface area contributed by atoms with Crippen molar-refractivity contribution in [3.63, 3.8) is 0 Å². The molecule has 0 saturated carbocycles. The van der Waals surface area contributed by atoms with Crippen LogP contribution in [0, 0.1) is 27.6 Å². The van der Waals surface area contributed by atoms with Crippen molar-refractivity contribution in [3.8, 4) is 0 Å². The number of amides is 1. The molecule has 8 nitrogen and oxygen atoms in total. The number of carbonyl (C=O) groups is 2. The fourth-order valence-corrected chi connectivity index (χ4v) is 2.16. The van der Waals surface area contributed by atoms with Crippen molar-refractivity contribution >= 4 is 28.9 Å². The first-order valence-corrected chi connectivity index (χ1v) is 7.77. The summed E-state index contributed by atoms with van der Waals surface area (Å²) in [6.07, 6.45) is -1.46. The summed E-state index contributed by atoms with van der Waals surface area (Å²) >= 11 is 0. The van der Waals surface area contributed by atoms with Gasteiger partial charge in [-0.2, -0.15) is 0 Å². The topological polar surface area (TPSA) is 111 Å². The van der Waals surface area contributed by atoms with E-state index in [1.807, 2.05) is 5.32 Å². The first-order chi connectivity index (χ1) is 13.1. The summed E-state index contributed by atoms with van der Waals surface area (Å²) < 4.78 is 44.6. The lowest BCUT2D eigenvalue weighted by molar-refractivity contribution is -0.384. The van der Waals surface area contributed by atoms with Gasteiger partial charge in [0.15, 0.2) is 23.6 Å². The van der Waals surface area contributed by atoms with Gasteiger partial charge < -0.3 is 15.4 Å². The molecule has 0 fully saturated rings. The van der Waals surface area contributed by atoms with Gasteiger partial charge in [0.2, 0.25) is 0 Å². The largest absolute Gasteiger partial charge is 0.449 e. The number of anilines is 2. The van der Waals surface area contributed by atoms with Crippen LogP contribution in [0.3, 0.4) is 0 Å². The molecule has 2 rings (SSSR count). The average Bonchev–Trinajstić information content (AvgIpc) is 2.67. The van der Waals surface area contributed by atoms with Crippen molar-refractivity contribution in [1.29, 1.82) is 0 Å². The van der Waals surface area contributed by atoms with E-state index in [4.69, 9.17) is 4.74 Å². The molecule has 0 radical (unpaired) electrons. The second kappa shape index (κ2) is 8.37. The van der Waals surface area contributed by atoms with Crippen LogP contribution in [0.2, 0.25) is 0 Å². The van der Waals surface area contributed by atoms with E-state index in [0.717, 1.165) is 19.1 Å². The van der Waals surface area contributed by atoms with E-state index in [9.17, 15) is 32.9 Å². The fraction of sp³-hybridized carbons (Fsp3) is 0.176. The molecule has 28 heavy (non-hydrogen) atoms. The predicted molar refractivity (Wildman–Crippen MR) is 92.5 cm³/mol. The van der Waals surface area contributed by atoms with Crippen LogP contribution in [0.25, 0.3) is 0 Å². The van der Waals surface area contributed by atoms with Gasteiger partial charge in [-0.3, -0.25) is 14.9 Å². The molecule has 148 valence electrons. The van der Waals surface area contributed by atoms with Gasteiger partial charge >= 0.3 is 5.97 Å². The maximum absolute atomic E-state index is 13.6. The van der Waals surface area contributed by atoms with Gasteiger partial charge in [-0.15, -0.1) is 0 Å². The van der Waals surface area contributed by atoms with E-state index in [1.54, 1.807) is 0 Å². The van der Waals surface area contributed by atoms with Gasteiger partial charge in [0, 0.05) is 13.1 Å². The van der Waals surface area contributed by atoms with Gasteiger partial charge in [-0.05, 0) is 31.2 Å². The first-order valence-electron chi connectivity index (χ1n) is 7.77. The summed E-state index contributed by atoms with van der Waals surface area (Å²) in [5, 5.41) is 15.6. The molecule has 2 N–H and O–H groups in total. The zero-order valence-corrected chi connectivity index (χ0v) is 14.6. The Bertz CT molecular complexity index is 952. The molecule has 2 aromatic carbocycles. The lowest BCUT2D eigenvalue weighted by Crippen LogP contribution is -2.30. The average molecular weight is 397 g/mol. The number of carbonyl (C=O) groups excluding carboxylic acids is 2. The van der Waals surface area contributed by atoms with E-state index in [1.165, 1.54) is 19.2 Å². The number of esters is 1. The monoisotopic (exact) mass is 397 g/mol. The van der Waals surface area contributed by atoms with E-state index in [2.05, 4.69) is 5.32 Å². The molecule has 0 saturated heterocycles. The highest BCUT2D eigenvalue weighted by Gasteiger charge is 2.23. The van der Waals surface area contributed by atoms with Crippen molar-refractivity contribution in [2.24, 2.45) is 0 Å². The molecule has 1 amide bonds. The fourth-order valence-electron chi connectivity index (χ4n) is 2.16. The molecule has 2 aromatic rings. The van der Waals surface area contributed by atoms with Gasteiger partial charge in [0.05, 0.1) is 16.2 Å². The molecular weight excluding hydrogens is 383 g/mol. The highest BCUT2D eigenvalue weighted by molar-refractivity contribution is 5.97. The zero-order valence-electron chi connectivity index (χ0n) is 14.6. The summed E-state index contributed by atoms with van der Waals surface area (Å²) in [5.74, 6) is -6.86. The number of hydrogen-bond acceptors (Lipinski definition) is 6. The predicted octanol–water partition coefficient (Wildman–Crippen LogP) is 3.24. The maximum atomic E-state index is 13.6. The summed E-state index contributed by atoms with van der Waals surface area (Å²) in [6, 6.07) is 4.93. The van der Waals surface area contributed by atoms with E-state index < -0.39 is 46.0 Å². The van der Waals surface area contributed by atoms with Crippen LogP contribution < -0.4 is 10.6 Å². The van der Waals surface area contributed by atoms with Crippen LogP contribution in [-0.2, 0) is 9.53 Å². The number of nitrogens with zero attached hydrogens (tertiary/aromatic N) is 1. The van der Waals surface area contributed by atoms with Crippen LogP contribution in [-0.4, -0.2) is 30.0 Å². The molecule has 0 aliphatic heterocycles. The summed E-state index contributed by atoms with van der Waals surface area (Å²) in [7, 11) is 1.46. The summed E-state index contributed by atoms with van der Waals surface area (Å²) in [6.45, 7) is 1.15. The van der Waals surface area contributed by atoms with Crippen LogP contribution in [0.4, 0.5) is 30.2 Å². The SMILES string of the molecule is CNc1ccc(C(=O)O[C@@H](C)C(=O)Nc2ccc(F)c(F)c2F)cc1[N+](=O)[O-]. The first kappa shape index (κ1) is 20.7. The molecular formula is C17H14F3N3O5. The molecule has 0 aliphatic carbocycles. The van der Waals surface area contributed by atoms with Gasteiger partial charge in [-0.1, -0.05) is 0 Å². The van der Waals surface area contributed by atoms with Gasteiger partial charge in [0.25, 0.3) is 11.6 Å². The molecule has 0 bridgehead atoms. The number of ether oxygens (including phenoxy) is 1. The number of nitro groups is 1. The Morgan fingerprint density at radius 3 is 2.36 bits per heavy atom. The lowest BCUT2D eigenvalue weighted by Gasteiger charge is -2.14. The number of rotatable bonds is 6. The Kier molecular flexibility index (Phi) is 6.18. The van der Waals surface area contributed by atoms with Gasteiger partial charge in [0.1, 0.15) is 5.69 Å². The summed E-state index contributed by atoms with van der Waals surface area (Å²) in [5.41, 5.74) is -1.04.